The van der Waals surface area contributed by atoms with E-state index >= 15 is 0 Å². The van der Waals surface area contributed by atoms with Crippen molar-refractivity contribution in [3.05, 3.63) is 26.5 Å². The number of hydrogen-bond donors (Lipinski definition) is 2. The maximum absolute atomic E-state index is 12.3. The van der Waals surface area contributed by atoms with E-state index in [1.54, 1.807) is 6.92 Å². The molecule has 0 aliphatic heterocycles. The minimum atomic E-state index is -0.472. The van der Waals surface area contributed by atoms with Gasteiger partial charge in [-0.2, -0.15) is 0 Å². The van der Waals surface area contributed by atoms with Crippen LogP contribution in [0.5, 0.6) is 0 Å². The third-order valence-electron chi connectivity index (χ3n) is 3.97. The maximum Gasteiger partial charge on any atom is 0.328 e. The molecule has 0 radical (unpaired) electrons. The van der Waals surface area contributed by atoms with Gasteiger partial charge in [-0.15, -0.1) is 0 Å². The van der Waals surface area contributed by atoms with Crippen LogP contribution in [0.1, 0.15) is 44.2 Å². The fraction of sp³-hybridized carbons (Fsp3) is 0.643. The van der Waals surface area contributed by atoms with Gasteiger partial charge >= 0.3 is 5.69 Å². The monoisotopic (exact) mass is 279 g/mol. The molecule has 110 valence electrons. The lowest BCUT2D eigenvalue weighted by molar-refractivity contribution is -0.120. The quantitative estimate of drug-likeness (QED) is 0.800. The van der Waals surface area contributed by atoms with E-state index in [1.807, 2.05) is 0 Å². The summed E-state index contributed by atoms with van der Waals surface area (Å²) in [5, 5.41) is 2.70. The fourth-order valence-electron chi connectivity index (χ4n) is 2.64. The first-order valence-corrected chi connectivity index (χ1v) is 7.11. The molecule has 6 nitrogen and oxygen atoms in total. The number of aromatic nitrogens is 2. The molecule has 1 amide bonds. The van der Waals surface area contributed by atoms with Gasteiger partial charge in [-0.1, -0.05) is 25.7 Å². The van der Waals surface area contributed by atoms with Crippen LogP contribution in [0.4, 0.5) is 5.69 Å². The molecule has 1 fully saturated rings. The average molecular weight is 279 g/mol. The smallest absolute Gasteiger partial charge is 0.320 e. The maximum atomic E-state index is 12.3. The summed E-state index contributed by atoms with van der Waals surface area (Å²) in [6.07, 6.45) is 6.19. The van der Waals surface area contributed by atoms with E-state index in [-0.39, 0.29) is 17.5 Å². The highest BCUT2D eigenvalue weighted by molar-refractivity contribution is 5.92. The van der Waals surface area contributed by atoms with Crippen LogP contribution in [0.3, 0.4) is 0 Å². The highest BCUT2D eigenvalue weighted by Crippen LogP contribution is 2.23. The summed E-state index contributed by atoms with van der Waals surface area (Å²) in [6.45, 7) is 1.62. The second-order valence-electron chi connectivity index (χ2n) is 5.47. The first-order chi connectivity index (χ1) is 9.50. The molecule has 0 saturated heterocycles. The molecule has 1 saturated carbocycles. The number of hydrogen-bond acceptors (Lipinski definition) is 3. The number of aromatic amines is 1. The van der Waals surface area contributed by atoms with Crippen molar-refractivity contribution in [2.75, 3.05) is 5.32 Å². The zero-order valence-electron chi connectivity index (χ0n) is 12.0. The number of nitrogens with one attached hydrogen (secondary N) is 2. The van der Waals surface area contributed by atoms with Crippen LogP contribution in [0.15, 0.2) is 9.59 Å². The summed E-state index contributed by atoms with van der Waals surface area (Å²) < 4.78 is 0.968. The van der Waals surface area contributed by atoms with Crippen molar-refractivity contribution in [1.29, 1.82) is 0 Å². The van der Waals surface area contributed by atoms with E-state index in [1.165, 1.54) is 19.9 Å². The van der Waals surface area contributed by atoms with Gasteiger partial charge in [0.1, 0.15) is 5.69 Å². The Balaban J connectivity index is 2.21. The number of carbonyl (C=O) groups is 1. The predicted octanol–water partition coefficient (Wildman–Crippen LogP) is 1.29. The number of amides is 1. The summed E-state index contributed by atoms with van der Waals surface area (Å²) in [5.74, 6) is -0.146. The molecule has 1 heterocycles. The topological polar surface area (TPSA) is 84.0 Å². The Morgan fingerprint density at radius 1 is 1.20 bits per heavy atom. The van der Waals surface area contributed by atoms with Crippen molar-refractivity contribution in [2.45, 2.75) is 45.4 Å². The zero-order chi connectivity index (χ0) is 14.7. The molecule has 0 bridgehead atoms. The molecular formula is C14H21N3O3. The van der Waals surface area contributed by atoms with E-state index in [4.69, 9.17) is 0 Å². The minimum Gasteiger partial charge on any atom is -0.320 e. The van der Waals surface area contributed by atoms with Crippen LogP contribution in [0.25, 0.3) is 0 Å². The molecule has 2 N–H and O–H groups in total. The van der Waals surface area contributed by atoms with Gasteiger partial charge in [-0.3, -0.25) is 14.2 Å². The first-order valence-electron chi connectivity index (χ1n) is 7.11. The molecule has 0 spiro atoms. The predicted molar refractivity (Wildman–Crippen MR) is 76.9 cm³/mol. The molecule has 1 aromatic rings. The van der Waals surface area contributed by atoms with Gasteiger partial charge < -0.3 is 10.3 Å². The third kappa shape index (κ3) is 3.00. The van der Waals surface area contributed by atoms with Crippen molar-refractivity contribution in [3.63, 3.8) is 0 Å². The molecule has 1 aliphatic rings. The number of H-pyrrole nitrogens is 1. The molecule has 1 aliphatic carbocycles. The summed E-state index contributed by atoms with van der Waals surface area (Å²) >= 11 is 0. The van der Waals surface area contributed by atoms with Gasteiger partial charge in [-0.25, -0.2) is 4.79 Å². The summed E-state index contributed by atoms with van der Waals surface area (Å²) in [4.78, 5) is 38.3. The van der Waals surface area contributed by atoms with Crippen LogP contribution < -0.4 is 16.6 Å². The molecule has 20 heavy (non-hydrogen) atoms. The molecule has 0 atom stereocenters. The Labute approximate surface area is 117 Å². The summed E-state index contributed by atoms with van der Waals surface area (Å²) in [5.41, 5.74) is -0.352. The average Bonchev–Trinajstić information content (AvgIpc) is 2.70. The SMILES string of the molecule is Cc1[nH]c(=O)n(C)c(=O)c1NC(=O)C1CCCCCC1. The van der Waals surface area contributed by atoms with Crippen LogP contribution >= 0.6 is 0 Å². The van der Waals surface area contributed by atoms with Crippen molar-refractivity contribution < 1.29 is 4.79 Å². The first kappa shape index (κ1) is 14.6. The number of nitrogens with zero attached hydrogens (tertiary/aromatic N) is 1. The van der Waals surface area contributed by atoms with Gasteiger partial charge in [0.05, 0.1) is 0 Å². The normalized spacial score (nSPS) is 16.7. The summed E-state index contributed by atoms with van der Waals surface area (Å²) in [7, 11) is 1.39. The Morgan fingerprint density at radius 2 is 1.80 bits per heavy atom. The van der Waals surface area contributed by atoms with E-state index in [0.717, 1.165) is 30.3 Å². The molecular weight excluding hydrogens is 258 g/mol. The Morgan fingerprint density at radius 3 is 2.40 bits per heavy atom. The third-order valence-corrected chi connectivity index (χ3v) is 3.97. The second-order valence-corrected chi connectivity index (χ2v) is 5.47. The lowest BCUT2D eigenvalue weighted by atomic mass is 9.99. The summed E-state index contributed by atoms with van der Waals surface area (Å²) in [6, 6.07) is 0. The van der Waals surface area contributed by atoms with Crippen molar-refractivity contribution in [1.82, 2.24) is 9.55 Å². The number of rotatable bonds is 2. The number of anilines is 1. The Bertz CT molecular complexity index is 607. The molecule has 1 aromatic heterocycles. The van der Waals surface area contributed by atoms with Crippen molar-refractivity contribution in [3.8, 4) is 0 Å². The van der Waals surface area contributed by atoms with Gasteiger partial charge in [-0.05, 0) is 19.8 Å². The van der Waals surface area contributed by atoms with E-state index in [9.17, 15) is 14.4 Å². The molecule has 0 unspecified atom stereocenters. The van der Waals surface area contributed by atoms with E-state index < -0.39 is 11.2 Å². The lowest BCUT2D eigenvalue weighted by Crippen LogP contribution is -2.37. The standard InChI is InChI=1S/C14H21N3O3/c1-9-11(13(19)17(2)14(20)15-9)16-12(18)10-7-5-3-4-6-8-10/h10H,3-8H2,1-2H3,(H,15,20)(H,16,18). The Kier molecular flexibility index (Phi) is 4.42. The fourth-order valence-corrected chi connectivity index (χ4v) is 2.64. The molecule has 2 rings (SSSR count). The second kappa shape index (κ2) is 6.07. The number of carbonyl (C=O) groups excluding carboxylic acids is 1. The van der Waals surface area contributed by atoms with E-state index in [0.29, 0.717) is 5.69 Å². The highest BCUT2D eigenvalue weighted by Gasteiger charge is 2.22. The molecule has 0 aromatic carbocycles. The van der Waals surface area contributed by atoms with E-state index in [2.05, 4.69) is 10.3 Å². The largest absolute Gasteiger partial charge is 0.328 e. The van der Waals surface area contributed by atoms with Gasteiger partial charge in [0.2, 0.25) is 5.91 Å². The Hall–Kier alpha value is -1.85. The van der Waals surface area contributed by atoms with Gasteiger partial charge in [0.25, 0.3) is 5.56 Å². The van der Waals surface area contributed by atoms with Crippen LogP contribution in [0, 0.1) is 12.8 Å². The van der Waals surface area contributed by atoms with Crippen LogP contribution in [0.2, 0.25) is 0 Å². The van der Waals surface area contributed by atoms with Crippen LogP contribution in [-0.2, 0) is 11.8 Å². The highest BCUT2D eigenvalue weighted by atomic mass is 16.2. The van der Waals surface area contributed by atoms with Crippen molar-refractivity contribution >= 4 is 11.6 Å². The van der Waals surface area contributed by atoms with Crippen LogP contribution in [-0.4, -0.2) is 15.5 Å². The van der Waals surface area contributed by atoms with Gasteiger partial charge in [0, 0.05) is 18.7 Å². The van der Waals surface area contributed by atoms with Crippen molar-refractivity contribution in [2.24, 2.45) is 13.0 Å². The zero-order valence-corrected chi connectivity index (χ0v) is 12.0. The molecule has 6 heteroatoms. The minimum absolute atomic E-state index is 0.0338. The lowest BCUT2D eigenvalue weighted by Gasteiger charge is -2.15. The van der Waals surface area contributed by atoms with Gasteiger partial charge in [0.15, 0.2) is 0 Å². The number of aryl methyl sites for hydroxylation is 1.